The first-order valence-electron chi connectivity index (χ1n) is 9.62. The Hall–Kier alpha value is -3.15. The number of nitrogens with zero attached hydrogens (tertiary/aromatic N) is 2. The number of amides is 2. The molecule has 1 atom stereocenters. The Morgan fingerprint density at radius 2 is 2.00 bits per heavy atom. The van der Waals surface area contributed by atoms with E-state index in [1.54, 1.807) is 6.07 Å². The maximum absolute atomic E-state index is 12.8. The largest absolute Gasteiger partial charge is 0.343 e. The SMILES string of the molecule is Cc1ccc(C(=O)NCC(=O)N2CCCC2c2nc3ccccc3[nH]2)cc1C. The molecule has 28 heavy (non-hydrogen) atoms. The highest BCUT2D eigenvalue weighted by Gasteiger charge is 2.32. The molecule has 2 amide bonds. The lowest BCUT2D eigenvalue weighted by Gasteiger charge is -2.23. The van der Waals surface area contributed by atoms with Gasteiger partial charge in [-0.25, -0.2) is 4.98 Å². The Morgan fingerprint density at radius 1 is 1.18 bits per heavy atom. The van der Waals surface area contributed by atoms with Crippen molar-refractivity contribution >= 4 is 22.8 Å². The monoisotopic (exact) mass is 376 g/mol. The van der Waals surface area contributed by atoms with Crippen LogP contribution in [0.4, 0.5) is 0 Å². The highest BCUT2D eigenvalue weighted by atomic mass is 16.2. The molecule has 1 aromatic heterocycles. The van der Waals surface area contributed by atoms with Crippen molar-refractivity contribution in [3.63, 3.8) is 0 Å². The van der Waals surface area contributed by atoms with Gasteiger partial charge in [-0.2, -0.15) is 0 Å². The summed E-state index contributed by atoms with van der Waals surface area (Å²) in [6.07, 6.45) is 1.80. The van der Waals surface area contributed by atoms with Gasteiger partial charge in [0.2, 0.25) is 5.91 Å². The highest BCUT2D eigenvalue weighted by Crippen LogP contribution is 2.31. The fourth-order valence-corrected chi connectivity index (χ4v) is 3.72. The zero-order valence-corrected chi connectivity index (χ0v) is 16.2. The predicted octanol–water partition coefficient (Wildman–Crippen LogP) is 3.27. The number of benzene rings is 2. The van der Waals surface area contributed by atoms with Crippen LogP contribution in [0.25, 0.3) is 11.0 Å². The van der Waals surface area contributed by atoms with E-state index in [9.17, 15) is 9.59 Å². The average Bonchev–Trinajstić information content (AvgIpc) is 3.34. The molecular formula is C22H24N4O2. The van der Waals surface area contributed by atoms with Crippen molar-refractivity contribution in [1.82, 2.24) is 20.2 Å². The summed E-state index contributed by atoms with van der Waals surface area (Å²) in [5, 5.41) is 2.76. The van der Waals surface area contributed by atoms with E-state index in [1.807, 2.05) is 55.1 Å². The molecule has 0 aliphatic carbocycles. The summed E-state index contributed by atoms with van der Waals surface area (Å²) < 4.78 is 0. The fraction of sp³-hybridized carbons (Fsp3) is 0.318. The van der Waals surface area contributed by atoms with Gasteiger partial charge in [-0.1, -0.05) is 18.2 Å². The molecule has 144 valence electrons. The topological polar surface area (TPSA) is 78.1 Å². The van der Waals surface area contributed by atoms with Gasteiger partial charge >= 0.3 is 0 Å². The molecule has 1 unspecified atom stereocenters. The van der Waals surface area contributed by atoms with Crippen LogP contribution in [0, 0.1) is 13.8 Å². The lowest BCUT2D eigenvalue weighted by Crippen LogP contribution is -2.40. The minimum Gasteiger partial charge on any atom is -0.343 e. The quantitative estimate of drug-likeness (QED) is 0.734. The van der Waals surface area contributed by atoms with Gasteiger partial charge in [0, 0.05) is 12.1 Å². The van der Waals surface area contributed by atoms with Crippen LogP contribution in [0.15, 0.2) is 42.5 Å². The van der Waals surface area contributed by atoms with Crippen LogP contribution in [-0.2, 0) is 4.79 Å². The third-order valence-electron chi connectivity index (χ3n) is 5.47. The van der Waals surface area contributed by atoms with Crippen molar-refractivity contribution in [2.24, 2.45) is 0 Å². The van der Waals surface area contributed by atoms with Crippen molar-refractivity contribution in [3.8, 4) is 0 Å². The minimum absolute atomic E-state index is 0.0114. The third kappa shape index (κ3) is 3.50. The summed E-state index contributed by atoms with van der Waals surface area (Å²) in [7, 11) is 0. The summed E-state index contributed by atoms with van der Waals surface area (Å²) in [5.74, 6) is 0.503. The molecule has 2 N–H and O–H groups in total. The molecule has 0 bridgehead atoms. The normalized spacial score (nSPS) is 16.5. The van der Waals surface area contributed by atoms with E-state index in [1.165, 1.54) is 0 Å². The first-order valence-corrected chi connectivity index (χ1v) is 9.62. The Balaban J connectivity index is 1.43. The van der Waals surface area contributed by atoms with Crippen LogP contribution in [-0.4, -0.2) is 39.8 Å². The molecule has 2 heterocycles. The summed E-state index contributed by atoms with van der Waals surface area (Å²) in [4.78, 5) is 35.0. The first kappa shape index (κ1) is 18.2. The Kier molecular flexibility index (Phi) is 4.86. The molecule has 0 saturated carbocycles. The van der Waals surface area contributed by atoms with Crippen LogP contribution in [0.2, 0.25) is 0 Å². The van der Waals surface area contributed by atoms with Crippen molar-refractivity contribution in [2.75, 3.05) is 13.1 Å². The summed E-state index contributed by atoms with van der Waals surface area (Å²) in [6, 6.07) is 13.3. The van der Waals surface area contributed by atoms with Gasteiger partial charge < -0.3 is 15.2 Å². The van der Waals surface area contributed by atoms with Crippen molar-refractivity contribution in [1.29, 1.82) is 0 Å². The van der Waals surface area contributed by atoms with E-state index >= 15 is 0 Å². The van der Waals surface area contributed by atoms with Gasteiger partial charge in [0.05, 0.1) is 23.6 Å². The molecule has 6 nitrogen and oxygen atoms in total. The number of aryl methyl sites for hydroxylation is 2. The van der Waals surface area contributed by atoms with E-state index in [0.717, 1.165) is 40.8 Å². The number of imidazole rings is 1. The maximum Gasteiger partial charge on any atom is 0.251 e. The van der Waals surface area contributed by atoms with Crippen LogP contribution < -0.4 is 5.32 Å². The van der Waals surface area contributed by atoms with Gasteiger partial charge in [-0.15, -0.1) is 0 Å². The number of aromatic amines is 1. The third-order valence-corrected chi connectivity index (χ3v) is 5.47. The molecule has 0 radical (unpaired) electrons. The molecule has 2 aromatic carbocycles. The van der Waals surface area contributed by atoms with E-state index < -0.39 is 0 Å². The Labute approximate surface area is 164 Å². The van der Waals surface area contributed by atoms with E-state index in [0.29, 0.717) is 12.1 Å². The molecule has 1 fully saturated rings. The number of likely N-dealkylation sites (tertiary alicyclic amines) is 1. The smallest absolute Gasteiger partial charge is 0.251 e. The standard InChI is InChI=1S/C22H24N4O2/c1-14-9-10-16(12-15(14)2)22(28)23-13-20(27)26-11-5-8-19(26)21-24-17-6-3-4-7-18(17)25-21/h3-4,6-7,9-10,12,19H,5,8,11,13H2,1-2H3,(H,23,28)(H,24,25). The first-order chi connectivity index (χ1) is 13.5. The lowest BCUT2D eigenvalue weighted by molar-refractivity contribution is -0.131. The van der Waals surface area contributed by atoms with Crippen molar-refractivity contribution < 1.29 is 9.59 Å². The molecular weight excluding hydrogens is 352 g/mol. The molecule has 6 heteroatoms. The van der Waals surface area contributed by atoms with Crippen molar-refractivity contribution in [2.45, 2.75) is 32.7 Å². The highest BCUT2D eigenvalue weighted by molar-refractivity contribution is 5.96. The molecule has 1 aliphatic rings. The van der Waals surface area contributed by atoms with Gasteiger partial charge in [0.1, 0.15) is 5.82 Å². The maximum atomic E-state index is 12.8. The zero-order valence-electron chi connectivity index (χ0n) is 16.2. The van der Waals surface area contributed by atoms with Gasteiger partial charge in [0.25, 0.3) is 5.91 Å². The average molecular weight is 376 g/mol. The van der Waals surface area contributed by atoms with Gasteiger partial charge in [-0.3, -0.25) is 9.59 Å². The number of aromatic nitrogens is 2. The molecule has 0 spiro atoms. The van der Waals surface area contributed by atoms with Crippen LogP contribution in [0.1, 0.15) is 46.2 Å². The number of hydrogen-bond donors (Lipinski definition) is 2. The van der Waals surface area contributed by atoms with E-state index in [4.69, 9.17) is 0 Å². The van der Waals surface area contributed by atoms with Crippen molar-refractivity contribution in [3.05, 3.63) is 65.0 Å². The van der Waals surface area contributed by atoms with Gasteiger partial charge in [-0.05, 0) is 62.1 Å². The molecule has 1 saturated heterocycles. The second kappa shape index (κ2) is 7.46. The number of para-hydroxylation sites is 2. The second-order valence-electron chi connectivity index (χ2n) is 7.37. The van der Waals surface area contributed by atoms with Gasteiger partial charge in [0.15, 0.2) is 0 Å². The fourth-order valence-electron chi connectivity index (χ4n) is 3.72. The van der Waals surface area contributed by atoms with E-state index in [2.05, 4.69) is 15.3 Å². The summed E-state index contributed by atoms with van der Waals surface area (Å²) in [6.45, 7) is 4.65. The summed E-state index contributed by atoms with van der Waals surface area (Å²) >= 11 is 0. The Bertz CT molecular complexity index is 1010. The number of carbonyl (C=O) groups is 2. The predicted molar refractivity (Wildman–Crippen MR) is 108 cm³/mol. The van der Waals surface area contributed by atoms with E-state index in [-0.39, 0.29) is 24.4 Å². The minimum atomic E-state index is -0.226. The second-order valence-corrected chi connectivity index (χ2v) is 7.37. The number of nitrogens with one attached hydrogen (secondary N) is 2. The lowest BCUT2D eigenvalue weighted by atomic mass is 10.1. The number of fused-ring (bicyclic) bond motifs is 1. The molecule has 3 aromatic rings. The number of H-pyrrole nitrogens is 1. The summed E-state index contributed by atoms with van der Waals surface area (Å²) in [5.41, 5.74) is 4.65. The Morgan fingerprint density at radius 3 is 2.79 bits per heavy atom. The van der Waals surface area contributed by atoms with Crippen LogP contribution in [0.3, 0.4) is 0 Å². The van der Waals surface area contributed by atoms with Crippen LogP contribution in [0.5, 0.6) is 0 Å². The van der Waals surface area contributed by atoms with Crippen LogP contribution >= 0.6 is 0 Å². The molecule has 4 rings (SSSR count). The zero-order chi connectivity index (χ0) is 19.7. The number of hydrogen-bond acceptors (Lipinski definition) is 3. The molecule has 1 aliphatic heterocycles. The number of carbonyl (C=O) groups excluding carboxylic acids is 2. The number of rotatable bonds is 4.